The first kappa shape index (κ1) is 23.9. The number of amides is 2. The van der Waals surface area contributed by atoms with E-state index >= 15 is 0 Å². The summed E-state index contributed by atoms with van der Waals surface area (Å²) in [5.41, 5.74) is 0.472. The summed E-state index contributed by atoms with van der Waals surface area (Å²) >= 11 is 0. The molecule has 1 atom stereocenters. The zero-order valence-electron chi connectivity index (χ0n) is 17.9. The first-order valence-electron chi connectivity index (χ1n) is 9.90. The molecule has 11 heteroatoms. The molecule has 8 nitrogen and oxygen atoms in total. The highest BCUT2D eigenvalue weighted by Crippen LogP contribution is 2.33. The molecule has 0 fully saturated rings. The van der Waals surface area contributed by atoms with E-state index in [9.17, 15) is 23.1 Å². The minimum Gasteiger partial charge on any atom is -0.496 e. The summed E-state index contributed by atoms with van der Waals surface area (Å²) in [6.07, 6.45) is -2.93. The van der Waals surface area contributed by atoms with Gasteiger partial charge in [-0.05, 0) is 30.3 Å². The van der Waals surface area contributed by atoms with Crippen LogP contribution in [0.25, 0.3) is 11.3 Å². The Kier molecular flexibility index (Phi) is 7.44. The smallest absolute Gasteiger partial charge is 0.416 e. The lowest BCUT2D eigenvalue weighted by atomic mass is 10.1. The summed E-state index contributed by atoms with van der Waals surface area (Å²) in [6, 6.07) is 8.09. The Morgan fingerprint density at radius 1 is 1.21 bits per heavy atom. The van der Waals surface area contributed by atoms with Crippen LogP contribution < -0.4 is 20.7 Å². The number of nitrogens with zero attached hydrogens (tertiary/aromatic N) is 1. The van der Waals surface area contributed by atoms with Gasteiger partial charge in [-0.2, -0.15) is 13.2 Å². The molecule has 0 aliphatic rings. The highest BCUT2D eigenvalue weighted by Gasteiger charge is 2.30. The first-order chi connectivity index (χ1) is 15.7. The van der Waals surface area contributed by atoms with Gasteiger partial charge in [-0.25, -0.2) is 9.78 Å². The quantitative estimate of drug-likeness (QED) is 0.397. The minimum atomic E-state index is -4.52. The second-order valence-electron chi connectivity index (χ2n) is 7.10. The number of carbonyl (C=O) groups is 1. The number of aromatic nitrogens is 1. The molecule has 4 N–H and O–H groups in total. The number of alkyl halides is 3. The molecule has 2 aromatic carbocycles. The van der Waals surface area contributed by atoms with Crippen LogP contribution in [0.15, 0.2) is 53.1 Å². The number of benzene rings is 2. The second-order valence-corrected chi connectivity index (χ2v) is 7.10. The molecule has 0 radical (unpaired) electrons. The Balaban J connectivity index is 1.59. The fourth-order valence-corrected chi connectivity index (χ4v) is 3.02. The van der Waals surface area contributed by atoms with Crippen LogP contribution in [0.4, 0.5) is 29.3 Å². The maximum absolute atomic E-state index is 12.8. The number of urea groups is 1. The number of carbonyl (C=O) groups excluding carboxylic acids is 1. The van der Waals surface area contributed by atoms with E-state index in [1.807, 2.05) is 0 Å². The maximum atomic E-state index is 12.8. The monoisotopic (exact) mass is 464 g/mol. The van der Waals surface area contributed by atoms with Gasteiger partial charge in [0.05, 0.1) is 37.1 Å². The number of nitrogens with one attached hydrogen (secondary N) is 3. The molecule has 3 rings (SSSR count). The van der Waals surface area contributed by atoms with E-state index in [2.05, 4.69) is 20.9 Å². The van der Waals surface area contributed by atoms with Crippen LogP contribution >= 0.6 is 0 Å². The Bertz CT molecular complexity index is 1100. The zero-order valence-corrected chi connectivity index (χ0v) is 17.9. The fourth-order valence-electron chi connectivity index (χ4n) is 3.02. The molecule has 1 unspecified atom stereocenters. The van der Waals surface area contributed by atoms with Gasteiger partial charge in [0.2, 0.25) is 0 Å². The minimum absolute atomic E-state index is 0.0186. The summed E-state index contributed by atoms with van der Waals surface area (Å²) in [5.74, 6) is 1.61. The maximum Gasteiger partial charge on any atom is 0.416 e. The number of halogens is 3. The van der Waals surface area contributed by atoms with Crippen molar-refractivity contribution < 1.29 is 32.2 Å². The van der Waals surface area contributed by atoms with Crippen molar-refractivity contribution in [3.05, 3.63) is 60.1 Å². The number of aliphatic hydroxyl groups is 1. The summed E-state index contributed by atoms with van der Waals surface area (Å²) in [5, 5.41) is 17.5. The highest BCUT2D eigenvalue weighted by atomic mass is 19.4. The third kappa shape index (κ3) is 6.39. The Hall–Kier alpha value is -3.73. The number of methoxy groups -OCH3 is 1. The van der Waals surface area contributed by atoms with Gasteiger partial charge < -0.3 is 30.2 Å². The van der Waals surface area contributed by atoms with E-state index in [-0.39, 0.29) is 12.2 Å². The van der Waals surface area contributed by atoms with Gasteiger partial charge in [-0.15, -0.1) is 0 Å². The average Bonchev–Trinajstić information content (AvgIpc) is 3.22. The van der Waals surface area contributed by atoms with Crippen molar-refractivity contribution in [2.75, 3.05) is 30.9 Å². The third-order valence-corrected chi connectivity index (χ3v) is 4.64. The standard InChI is InChI=1S/C22H23F3N4O4/c1-13-26-11-20(33-13)18-7-6-15(9-19(18)32-2)27-10-17(12-30)29-21(31)28-16-5-3-4-14(8-16)22(23,24)25/h3-9,11,17,27,30H,10,12H2,1-2H3,(H2,28,29,31). The van der Waals surface area contributed by atoms with Gasteiger partial charge in [0.15, 0.2) is 11.7 Å². The molecule has 0 aliphatic carbocycles. The van der Waals surface area contributed by atoms with E-state index in [1.165, 1.54) is 19.2 Å². The number of aryl methyl sites for hydroxylation is 1. The summed E-state index contributed by atoms with van der Waals surface area (Å²) in [7, 11) is 1.52. The number of rotatable bonds is 8. The lowest BCUT2D eigenvalue weighted by Crippen LogP contribution is -2.44. The molecular weight excluding hydrogens is 441 g/mol. The van der Waals surface area contributed by atoms with Crippen LogP contribution in [0.3, 0.4) is 0 Å². The largest absolute Gasteiger partial charge is 0.496 e. The van der Waals surface area contributed by atoms with Crippen LogP contribution in [0, 0.1) is 6.92 Å². The number of hydrogen-bond acceptors (Lipinski definition) is 6. The van der Waals surface area contributed by atoms with Crippen LogP contribution in [0.5, 0.6) is 5.75 Å². The molecular formula is C22H23F3N4O4. The van der Waals surface area contributed by atoms with Gasteiger partial charge in [0.25, 0.3) is 0 Å². The van der Waals surface area contributed by atoms with Crippen molar-refractivity contribution in [3.8, 4) is 17.1 Å². The summed E-state index contributed by atoms with van der Waals surface area (Å²) in [6.45, 7) is 1.49. The fraction of sp³-hybridized carbons (Fsp3) is 0.273. The predicted octanol–water partition coefficient (Wildman–Crippen LogP) is 4.27. The summed E-state index contributed by atoms with van der Waals surface area (Å²) in [4.78, 5) is 16.2. The van der Waals surface area contributed by atoms with E-state index in [4.69, 9.17) is 9.15 Å². The lowest BCUT2D eigenvalue weighted by Gasteiger charge is -2.19. The van der Waals surface area contributed by atoms with Gasteiger partial charge in [-0.1, -0.05) is 6.07 Å². The molecule has 176 valence electrons. The second kappa shape index (κ2) is 10.3. The normalized spacial score (nSPS) is 12.2. The highest BCUT2D eigenvalue weighted by molar-refractivity contribution is 5.89. The first-order valence-corrected chi connectivity index (χ1v) is 9.90. The van der Waals surface area contributed by atoms with Crippen molar-refractivity contribution in [1.82, 2.24) is 10.3 Å². The van der Waals surface area contributed by atoms with E-state index in [1.54, 1.807) is 31.3 Å². The molecule has 0 bridgehead atoms. The third-order valence-electron chi connectivity index (χ3n) is 4.64. The Labute approximate surface area is 187 Å². The summed E-state index contributed by atoms with van der Waals surface area (Å²) < 4.78 is 49.4. The molecule has 1 aromatic heterocycles. The van der Waals surface area contributed by atoms with E-state index < -0.39 is 30.4 Å². The lowest BCUT2D eigenvalue weighted by molar-refractivity contribution is -0.137. The number of ether oxygens (including phenoxy) is 1. The van der Waals surface area contributed by atoms with Gasteiger partial charge >= 0.3 is 12.2 Å². The topological polar surface area (TPSA) is 109 Å². The zero-order chi connectivity index (χ0) is 24.0. The van der Waals surface area contributed by atoms with Crippen molar-refractivity contribution in [2.45, 2.75) is 19.1 Å². The Morgan fingerprint density at radius 2 is 2.00 bits per heavy atom. The van der Waals surface area contributed by atoms with Crippen molar-refractivity contribution >= 4 is 17.4 Å². The molecule has 0 aliphatic heterocycles. The molecule has 33 heavy (non-hydrogen) atoms. The van der Waals surface area contributed by atoms with E-state index in [0.717, 1.165) is 12.1 Å². The van der Waals surface area contributed by atoms with Crippen LogP contribution in [0.2, 0.25) is 0 Å². The molecule has 0 saturated heterocycles. The van der Waals surface area contributed by atoms with Crippen LogP contribution in [-0.4, -0.2) is 42.4 Å². The molecule has 1 heterocycles. The van der Waals surface area contributed by atoms with Crippen molar-refractivity contribution in [3.63, 3.8) is 0 Å². The molecule has 3 aromatic rings. The number of hydrogen-bond donors (Lipinski definition) is 4. The Morgan fingerprint density at radius 3 is 2.64 bits per heavy atom. The van der Waals surface area contributed by atoms with Crippen LogP contribution in [0.1, 0.15) is 11.5 Å². The van der Waals surface area contributed by atoms with Crippen molar-refractivity contribution in [1.29, 1.82) is 0 Å². The molecule has 2 amide bonds. The number of aliphatic hydroxyl groups excluding tert-OH is 1. The van der Waals surface area contributed by atoms with E-state index in [0.29, 0.717) is 28.7 Å². The number of oxazole rings is 1. The van der Waals surface area contributed by atoms with Gasteiger partial charge in [0.1, 0.15) is 5.75 Å². The van der Waals surface area contributed by atoms with Crippen LogP contribution in [-0.2, 0) is 6.18 Å². The van der Waals surface area contributed by atoms with Gasteiger partial charge in [-0.3, -0.25) is 0 Å². The SMILES string of the molecule is COc1cc(NCC(CO)NC(=O)Nc2cccc(C(F)(F)F)c2)ccc1-c1cnc(C)o1. The predicted molar refractivity (Wildman–Crippen MR) is 116 cm³/mol. The molecule has 0 saturated carbocycles. The van der Waals surface area contributed by atoms with Gasteiger partial charge in [0, 0.05) is 30.9 Å². The van der Waals surface area contributed by atoms with Crippen molar-refractivity contribution in [2.24, 2.45) is 0 Å². The average molecular weight is 464 g/mol. The molecule has 0 spiro atoms. The number of anilines is 2.